The van der Waals surface area contributed by atoms with Crippen LogP contribution in [0.4, 0.5) is 0 Å². The van der Waals surface area contributed by atoms with Crippen molar-refractivity contribution in [2.45, 2.75) is 48.8 Å². The molecule has 0 N–H and O–H groups in total. The Balaban J connectivity index is 1.94. The SMILES string of the molecule is O=S(=O)(c1sccc1Br)N1CCCC2CCCCC21. The lowest BCUT2D eigenvalue weighted by Gasteiger charge is -2.42. The van der Waals surface area contributed by atoms with E-state index in [9.17, 15) is 8.42 Å². The Hall–Kier alpha value is 0.0900. The molecule has 3 nitrogen and oxygen atoms in total. The predicted molar refractivity (Wildman–Crippen MR) is 80.9 cm³/mol. The van der Waals surface area contributed by atoms with Crippen molar-refractivity contribution in [3.63, 3.8) is 0 Å². The number of halogens is 1. The summed E-state index contributed by atoms with van der Waals surface area (Å²) in [6.45, 7) is 0.688. The fraction of sp³-hybridized carbons (Fsp3) is 0.692. The van der Waals surface area contributed by atoms with Crippen LogP contribution in [0.3, 0.4) is 0 Å². The van der Waals surface area contributed by atoms with E-state index in [0.717, 1.165) is 12.8 Å². The second kappa shape index (κ2) is 5.47. The number of piperidine rings is 1. The summed E-state index contributed by atoms with van der Waals surface area (Å²) in [7, 11) is -3.31. The van der Waals surface area contributed by atoms with Crippen molar-refractivity contribution < 1.29 is 8.42 Å². The van der Waals surface area contributed by atoms with Crippen LogP contribution in [0.1, 0.15) is 38.5 Å². The Morgan fingerprint density at radius 1 is 1.21 bits per heavy atom. The lowest BCUT2D eigenvalue weighted by molar-refractivity contribution is 0.129. The highest BCUT2D eigenvalue weighted by molar-refractivity contribution is 9.10. The van der Waals surface area contributed by atoms with Crippen molar-refractivity contribution in [3.8, 4) is 0 Å². The molecule has 1 aliphatic carbocycles. The molecule has 1 aromatic rings. The summed E-state index contributed by atoms with van der Waals surface area (Å²) in [6.07, 6.45) is 6.86. The summed E-state index contributed by atoms with van der Waals surface area (Å²) >= 11 is 4.67. The van der Waals surface area contributed by atoms with Crippen molar-refractivity contribution in [1.29, 1.82) is 0 Å². The third kappa shape index (κ3) is 2.52. The first-order valence-corrected chi connectivity index (χ1v) is 9.97. The fourth-order valence-corrected chi connectivity index (χ4v) is 7.63. The van der Waals surface area contributed by atoms with E-state index < -0.39 is 10.0 Å². The average molecular weight is 364 g/mol. The van der Waals surface area contributed by atoms with E-state index in [-0.39, 0.29) is 6.04 Å². The van der Waals surface area contributed by atoms with Gasteiger partial charge in [0.05, 0.1) is 0 Å². The van der Waals surface area contributed by atoms with E-state index in [0.29, 0.717) is 21.1 Å². The van der Waals surface area contributed by atoms with Crippen LogP contribution in [0.2, 0.25) is 0 Å². The minimum atomic E-state index is -3.31. The van der Waals surface area contributed by atoms with Crippen molar-refractivity contribution in [2.75, 3.05) is 6.54 Å². The zero-order valence-electron chi connectivity index (χ0n) is 10.7. The van der Waals surface area contributed by atoms with Crippen LogP contribution >= 0.6 is 27.3 Å². The van der Waals surface area contributed by atoms with Crippen molar-refractivity contribution in [3.05, 3.63) is 15.9 Å². The summed E-state index contributed by atoms with van der Waals surface area (Å²) in [4.78, 5) is 0. The highest BCUT2D eigenvalue weighted by Crippen LogP contribution is 2.40. The molecule has 6 heteroatoms. The largest absolute Gasteiger partial charge is 0.253 e. The Labute approximate surface area is 127 Å². The maximum absolute atomic E-state index is 12.8. The number of sulfonamides is 1. The van der Waals surface area contributed by atoms with E-state index in [1.807, 2.05) is 11.4 Å². The smallest absolute Gasteiger partial charge is 0.206 e. The number of hydrogen-bond donors (Lipinski definition) is 0. The zero-order chi connectivity index (χ0) is 13.5. The van der Waals surface area contributed by atoms with E-state index in [4.69, 9.17) is 0 Å². The molecule has 2 heterocycles. The third-order valence-corrected chi connectivity index (χ3v) is 8.89. The first kappa shape index (κ1) is 14.0. The molecule has 0 spiro atoms. The first-order chi connectivity index (χ1) is 9.10. The quantitative estimate of drug-likeness (QED) is 0.799. The average Bonchev–Trinajstić information content (AvgIpc) is 2.85. The van der Waals surface area contributed by atoms with Gasteiger partial charge in [0.1, 0.15) is 4.21 Å². The highest BCUT2D eigenvalue weighted by Gasteiger charge is 2.40. The summed E-state index contributed by atoms with van der Waals surface area (Å²) in [5, 5.41) is 1.83. The summed E-state index contributed by atoms with van der Waals surface area (Å²) < 4.78 is 28.6. The molecular weight excluding hydrogens is 346 g/mol. The van der Waals surface area contributed by atoms with Crippen LogP contribution in [0, 0.1) is 5.92 Å². The van der Waals surface area contributed by atoms with Gasteiger partial charge in [0.25, 0.3) is 10.0 Å². The van der Waals surface area contributed by atoms with Gasteiger partial charge in [-0.25, -0.2) is 8.42 Å². The lowest BCUT2D eigenvalue weighted by Crippen LogP contribution is -2.49. The first-order valence-electron chi connectivity index (χ1n) is 6.85. The number of fused-ring (bicyclic) bond motifs is 1. The minimum Gasteiger partial charge on any atom is -0.206 e. The van der Waals surface area contributed by atoms with Crippen LogP contribution in [-0.2, 0) is 10.0 Å². The molecular formula is C13H18BrNO2S2. The number of nitrogens with zero attached hydrogens (tertiary/aromatic N) is 1. The van der Waals surface area contributed by atoms with Crippen molar-refractivity contribution in [2.24, 2.45) is 5.92 Å². The molecule has 1 saturated carbocycles. The van der Waals surface area contributed by atoms with Crippen LogP contribution < -0.4 is 0 Å². The molecule has 2 fully saturated rings. The Morgan fingerprint density at radius 3 is 2.68 bits per heavy atom. The topological polar surface area (TPSA) is 37.4 Å². The molecule has 0 radical (unpaired) electrons. The van der Waals surface area contributed by atoms with Gasteiger partial charge < -0.3 is 0 Å². The molecule has 1 aromatic heterocycles. The third-order valence-electron chi connectivity index (χ3n) is 4.32. The number of rotatable bonds is 2. The van der Waals surface area contributed by atoms with Gasteiger partial charge in [0.15, 0.2) is 0 Å². The van der Waals surface area contributed by atoms with Gasteiger partial charge in [-0.1, -0.05) is 12.8 Å². The van der Waals surface area contributed by atoms with Gasteiger partial charge in [-0.15, -0.1) is 11.3 Å². The summed E-state index contributed by atoms with van der Waals surface area (Å²) in [5.41, 5.74) is 0. The predicted octanol–water partition coefficient (Wildman–Crippen LogP) is 3.85. The number of thiophene rings is 1. The molecule has 1 aliphatic heterocycles. The molecule has 2 atom stereocenters. The second-order valence-electron chi connectivity index (χ2n) is 5.43. The Kier molecular flexibility index (Phi) is 4.04. The maximum atomic E-state index is 12.8. The Bertz CT molecular complexity index is 553. The monoisotopic (exact) mass is 363 g/mol. The van der Waals surface area contributed by atoms with Gasteiger partial charge >= 0.3 is 0 Å². The molecule has 0 bridgehead atoms. The van der Waals surface area contributed by atoms with Gasteiger partial charge in [-0.3, -0.25) is 0 Å². The van der Waals surface area contributed by atoms with Gasteiger partial charge in [0.2, 0.25) is 0 Å². The fourth-order valence-electron chi connectivity index (χ4n) is 3.45. The van der Waals surface area contributed by atoms with Crippen LogP contribution in [0.25, 0.3) is 0 Å². The summed E-state index contributed by atoms with van der Waals surface area (Å²) in [5.74, 6) is 0.580. The molecule has 0 aromatic carbocycles. The molecule has 19 heavy (non-hydrogen) atoms. The van der Waals surface area contributed by atoms with E-state index in [2.05, 4.69) is 15.9 Å². The van der Waals surface area contributed by atoms with Gasteiger partial charge in [-0.05, 0) is 59.0 Å². The van der Waals surface area contributed by atoms with Crippen molar-refractivity contribution >= 4 is 37.3 Å². The van der Waals surface area contributed by atoms with E-state index in [1.54, 1.807) is 4.31 Å². The zero-order valence-corrected chi connectivity index (χ0v) is 13.9. The van der Waals surface area contributed by atoms with Crippen LogP contribution in [0.5, 0.6) is 0 Å². The van der Waals surface area contributed by atoms with E-state index >= 15 is 0 Å². The molecule has 3 rings (SSSR count). The number of hydrogen-bond acceptors (Lipinski definition) is 3. The molecule has 2 aliphatic rings. The molecule has 2 unspecified atom stereocenters. The summed E-state index contributed by atoms with van der Waals surface area (Å²) in [6, 6.07) is 2.06. The van der Waals surface area contributed by atoms with Crippen LogP contribution in [0.15, 0.2) is 20.1 Å². The van der Waals surface area contributed by atoms with Crippen molar-refractivity contribution in [1.82, 2.24) is 4.31 Å². The molecule has 106 valence electrons. The molecule has 1 saturated heterocycles. The normalized spacial score (nSPS) is 29.1. The van der Waals surface area contributed by atoms with Crippen LogP contribution in [-0.4, -0.2) is 25.3 Å². The van der Waals surface area contributed by atoms with E-state index in [1.165, 1.54) is 37.0 Å². The Morgan fingerprint density at radius 2 is 1.95 bits per heavy atom. The second-order valence-corrected chi connectivity index (χ2v) is 9.28. The van der Waals surface area contributed by atoms with Gasteiger partial charge in [-0.2, -0.15) is 4.31 Å². The van der Waals surface area contributed by atoms with Gasteiger partial charge in [0, 0.05) is 17.1 Å². The lowest BCUT2D eigenvalue weighted by atomic mass is 9.79. The standard InChI is InChI=1S/C13H18BrNO2S2/c14-11-7-9-18-13(11)19(16,17)15-8-3-5-10-4-1-2-6-12(10)15/h7,9-10,12H,1-6,8H2. The molecule has 0 amide bonds. The highest BCUT2D eigenvalue weighted by atomic mass is 79.9. The minimum absolute atomic E-state index is 0.237. The maximum Gasteiger partial charge on any atom is 0.253 e.